The third kappa shape index (κ3) is 2.73. The Labute approximate surface area is 88.3 Å². The third-order valence-electron chi connectivity index (χ3n) is 2.46. The van der Waals surface area contributed by atoms with Crippen LogP contribution in [0, 0.1) is 0 Å². The molecule has 1 saturated heterocycles. The van der Waals surface area contributed by atoms with Gasteiger partial charge in [-0.15, -0.1) is 0 Å². The smallest absolute Gasteiger partial charge is 0.237 e. The molecule has 15 heavy (non-hydrogen) atoms. The summed E-state index contributed by atoms with van der Waals surface area (Å²) in [5, 5.41) is 6.00. The molecule has 5 nitrogen and oxygen atoms in total. The van der Waals surface area contributed by atoms with Crippen molar-refractivity contribution in [2.45, 2.75) is 25.4 Å². The van der Waals surface area contributed by atoms with Crippen molar-refractivity contribution in [2.24, 2.45) is 0 Å². The number of nitrogens with zero attached hydrogens (tertiary/aromatic N) is 2. The Balaban J connectivity index is 1.80. The summed E-state index contributed by atoms with van der Waals surface area (Å²) < 4.78 is 0. The first-order valence-corrected chi connectivity index (χ1v) is 5.12. The fourth-order valence-corrected chi connectivity index (χ4v) is 1.63. The molecule has 80 valence electrons. The summed E-state index contributed by atoms with van der Waals surface area (Å²) >= 11 is 0. The average molecular weight is 206 g/mol. The van der Waals surface area contributed by atoms with Crippen molar-refractivity contribution in [3.8, 4) is 0 Å². The van der Waals surface area contributed by atoms with Crippen LogP contribution in [0.25, 0.3) is 0 Å². The number of aromatic nitrogens is 2. The minimum absolute atomic E-state index is 0.0214. The summed E-state index contributed by atoms with van der Waals surface area (Å²) in [4.78, 5) is 19.4. The van der Waals surface area contributed by atoms with Gasteiger partial charge in [0.2, 0.25) is 5.91 Å². The van der Waals surface area contributed by atoms with Crippen molar-refractivity contribution >= 4 is 5.91 Å². The molecule has 2 heterocycles. The molecule has 1 amide bonds. The first-order valence-electron chi connectivity index (χ1n) is 5.12. The lowest BCUT2D eigenvalue weighted by Gasteiger charge is -2.10. The van der Waals surface area contributed by atoms with Gasteiger partial charge in [0.15, 0.2) is 0 Å². The van der Waals surface area contributed by atoms with E-state index in [1.54, 1.807) is 12.3 Å². The van der Waals surface area contributed by atoms with Crippen LogP contribution in [0.3, 0.4) is 0 Å². The number of hydrogen-bond acceptors (Lipinski definition) is 4. The maximum Gasteiger partial charge on any atom is 0.237 e. The largest absolute Gasteiger partial charge is 0.349 e. The second kappa shape index (κ2) is 4.84. The number of hydrogen-bond donors (Lipinski definition) is 2. The molecular formula is C10H14N4O. The molecule has 0 aromatic carbocycles. The SMILES string of the molecule is O=C(NCc1ccncn1)[C@H]1CCCN1. The van der Waals surface area contributed by atoms with E-state index in [4.69, 9.17) is 0 Å². The quantitative estimate of drug-likeness (QED) is 0.721. The van der Waals surface area contributed by atoms with E-state index in [-0.39, 0.29) is 11.9 Å². The molecule has 5 heteroatoms. The molecule has 0 aliphatic carbocycles. The predicted octanol–water partition coefficient (Wildman–Crippen LogP) is -0.155. The number of amides is 1. The van der Waals surface area contributed by atoms with E-state index in [1.165, 1.54) is 6.33 Å². The van der Waals surface area contributed by atoms with Crippen LogP contribution in [0.1, 0.15) is 18.5 Å². The van der Waals surface area contributed by atoms with Crippen molar-refractivity contribution in [3.63, 3.8) is 0 Å². The Bertz CT molecular complexity index is 321. The van der Waals surface area contributed by atoms with Gasteiger partial charge in [0.25, 0.3) is 0 Å². The van der Waals surface area contributed by atoms with Crippen LogP contribution < -0.4 is 10.6 Å². The van der Waals surface area contributed by atoms with Crippen LogP contribution in [-0.4, -0.2) is 28.5 Å². The summed E-state index contributed by atoms with van der Waals surface area (Å²) in [6, 6.07) is 1.77. The molecular weight excluding hydrogens is 192 g/mol. The van der Waals surface area contributed by atoms with Gasteiger partial charge in [0, 0.05) is 6.20 Å². The van der Waals surface area contributed by atoms with Gasteiger partial charge < -0.3 is 10.6 Å². The highest BCUT2D eigenvalue weighted by Gasteiger charge is 2.21. The summed E-state index contributed by atoms with van der Waals surface area (Å²) in [6.45, 7) is 1.41. The predicted molar refractivity (Wildman–Crippen MR) is 54.9 cm³/mol. The fraction of sp³-hybridized carbons (Fsp3) is 0.500. The molecule has 0 saturated carbocycles. The maximum absolute atomic E-state index is 11.6. The first kappa shape index (κ1) is 10.0. The fourth-order valence-electron chi connectivity index (χ4n) is 1.63. The van der Waals surface area contributed by atoms with Gasteiger partial charge in [0.1, 0.15) is 6.33 Å². The Kier molecular flexibility index (Phi) is 3.24. The molecule has 1 aliphatic rings. The van der Waals surface area contributed by atoms with E-state index in [1.807, 2.05) is 0 Å². The highest BCUT2D eigenvalue weighted by atomic mass is 16.2. The maximum atomic E-state index is 11.6. The van der Waals surface area contributed by atoms with Crippen molar-refractivity contribution in [1.29, 1.82) is 0 Å². The van der Waals surface area contributed by atoms with Gasteiger partial charge in [-0.05, 0) is 25.5 Å². The molecule has 2 N–H and O–H groups in total. The molecule has 0 bridgehead atoms. The standard InChI is InChI=1S/C10H14N4O/c15-10(9-2-1-4-12-9)13-6-8-3-5-11-7-14-8/h3,5,7,9,12H,1-2,4,6H2,(H,13,15)/t9-/m1/s1. The Morgan fingerprint density at radius 3 is 3.27 bits per heavy atom. The average Bonchev–Trinajstić information content (AvgIpc) is 2.81. The number of carbonyl (C=O) groups is 1. The molecule has 0 radical (unpaired) electrons. The van der Waals surface area contributed by atoms with E-state index >= 15 is 0 Å². The van der Waals surface area contributed by atoms with Crippen molar-refractivity contribution in [2.75, 3.05) is 6.54 Å². The Morgan fingerprint density at radius 1 is 1.67 bits per heavy atom. The Morgan fingerprint density at radius 2 is 2.60 bits per heavy atom. The lowest BCUT2D eigenvalue weighted by atomic mass is 10.2. The van der Waals surface area contributed by atoms with Crippen LogP contribution in [-0.2, 0) is 11.3 Å². The zero-order valence-corrected chi connectivity index (χ0v) is 8.44. The first-order chi connectivity index (χ1) is 7.36. The van der Waals surface area contributed by atoms with Crippen molar-refractivity contribution in [3.05, 3.63) is 24.3 Å². The minimum Gasteiger partial charge on any atom is -0.349 e. The Hall–Kier alpha value is -1.49. The summed E-state index contributed by atoms with van der Waals surface area (Å²) in [5.41, 5.74) is 0.830. The summed E-state index contributed by atoms with van der Waals surface area (Å²) in [5.74, 6) is 0.0612. The number of nitrogens with one attached hydrogen (secondary N) is 2. The van der Waals surface area contributed by atoms with Crippen LogP contribution in [0.15, 0.2) is 18.6 Å². The van der Waals surface area contributed by atoms with Gasteiger partial charge >= 0.3 is 0 Å². The van der Waals surface area contributed by atoms with E-state index in [9.17, 15) is 4.79 Å². The molecule has 1 aromatic rings. The highest BCUT2D eigenvalue weighted by molar-refractivity contribution is 5.81. The highest BCUT2D eigenvalue weighted by Crippen LogP contribution is 2.04. The minimum atomic E-state index is -0.0214. The summed E-state index contributed by atoms with van der Waals surface area (Å²) in [6.07, 6.45) is 5.15. The summed E-state index contributed by atoms with van der Waals surface area (Å²) in [7, 11) is 0. The van der Waals surface area contributed by atoms with Crippen molar-refractivity contribution < 1.29 is 4.79 Å². The van der Waals surface area contributed by atoms with E-state index < -0.39 is 0 Å². The zero-order valence-electron chi connectivity index (χ0n) is 8.44. The van der Waals surface area contributed by atoms with Gasteiger partial charge in [0.05, 0.1) is 18.3 Å². The van der Waals surface area contributed by atoms with Crippen LogP contribution in [0.2, 0.25) is 0 Å². The van der Waals surface area contributed by atoms with E-state index in [2.05, 4.69) is 20.6 Å². The molecule has 0 spiro atoms. The van der Waals surface area contributed by atoms with Crippen LogP contribution in [0.4, 0.5) is 0 Å². The van der Waals surface area contributed by atoms with Crippen LogP contribution >= 0.6 is 0 Å². The monoisotopic (exact) mass is 206 g/mol. The second-order valence-corrected chi connectivity index (χ2v) is 3.57. The lowest BCUT2D eigenvalue weighted by Crippen LogP contribution is -2.40. The molecule has 1 aliphatic heterocycles. The third-order valence-corrected chi connectivity index (χ3v) is 2.46. The van der Waals surface area contributed by atoms with Crippen molar-refractivity contribution in [1.82, 2.24) is 20.6 Å². The van der Waals surface area contributed by atoms with Gasteiger partial charge in [-0.25, -0.2) is 9.97 Å². The number of carbonyl (C=O) groups excluding carboxylic acids is 1. The normalized spacial score (nSPS) is 20.1. The zero-order chi connectivity index (χ0) is 10.5. The second-order valence-electron chi connectivity index (χ2n) is 3.57. The van der Waals surface area contributed by atoms with E-state index in [0.29, 0.717) is 6.54 Å². The molecule has 0 unspecified atom stereocenters. The van der Waals surface area contributed by atoms with Gasteiger partial charge in [-0.1, -0.05) is 0 Å². The van der Waals surface area contributed by atoms with Gasteiger partial charge in [-0.3, -0.25) is 4.79 Å². The van der Waals surface area contributed by atoms with E-state index in [0.717, 1.165) is 25.1 Å². The molecule has 1 atom stereocenters. The molecule has 2 rings (SSSR count). The molecule has 1 aromatic heterocycles. The van der Waals surface area contributed by atoms with Crippen LogP contribution in [0.5, 0.6) is 0 Å². The number of rotatable bonds is 3. The molecule has 1 fully saturated rings. The topological polar surface area (TPSA) is 66.9 Å². The lowest BCUT2D eigenvalue weighted by molar-refractivity contribution is -0.122. The van der Waals surface area contributed by atoms with Gasteiger partial charge in [-0.2, -0.15) is 0 Å².